The molecule has 0 unspecified atom stereocenters. The van der Waals surface area contributed by atoms with E-state index in [2.05, 4.69) is 21.2 Å². The van der Waals surface area contributed by atoms with Gasteiger partial charge in [0.2, 0.25) is 0 Å². The molecule has 0 saturated heterocycles. The molecule has 1 amide bonds. The van der Waals surface area contributed by atoms with Gasteiger partial charge in [-0.25, -0.2) is 4.39 Å². The van der Waals surface area contributed by atoms with Crippen LogP contribution in [0.25, 0.3) is 0 Å². The summed E-state index contributed by atoms with van der Waals surface area (Å²) in [6.07, 6.45) is 0. The molecule has 1 N–H and O–H groups in total. The van der Waals surface area contributed by atoms with E-state index in [4.69, 9.17) is 4.74 Å². The summed E-state index contributed by atoms with van der Waals surface area (Å²) in [5, 5.41) is 2.73. The number of amides is 1. The molecule has 0 aromatic heterocycles. The second-order valence-corrected chi connectivity index (χ2v) is 4.64. The molecule has 0 radical (unpaired) electrons. The molecule has 2 rings (SSSR count). The fourth-order valence-electron chi connectivity index (χ4n) is 1.56. The fraction of sp³-hybridized carbons (Fsp3) is 0.0714. The van der Waals surface area contributed by atoms with Crippen molar-refractivity contribution in [1.82, 2.24) is 0 Å². The van der Waals surface area contributed by atoms with E-state index in [1.54, 1.807) is 6.07 Å². The topological polar surface area (TPSA) is 38.3 Å². The Hall–Kier alpha value is -1.88. The Balaban J connectivity index is 2.23. The van der Waals surface area contributed by atoms with Crippen LogP contribution in [-0.4, -0.2) is 13.0 Å². The normalized spacial score (nSPS) is 10.1. The van der Waals surface area contributed by atoms with Crippen LogP contribution in [0.5, 0.6) is 5.75 Å². The average Bonchev–Trinajstić information content (AvgIpc) is 2.42. The predicted octanol–water partition coefficient (Wildman–Crippen LogP) is 3.85. The minimum absolute atomic E-state index is 0.0415. The zero-order valence-corrected chi connectivity index (χ0v) is 11.7. The number of ether oxygens (including phenoxy) is 1. The summed E-state index contributed by atoms with van der Waals surface area (Å²) in [5.41, 5.74) is 0.977. The van der Waals surface area contributed by atoms with E-state index in [-0.39, 0.29) is 11.7 Å². The zero-order valence-electron chi connectivity index (χ0n) is 10.1. The van der Waals surface area contributed by atoms with Crippen molar-refractivity contribution in [3.63, 3.8) is 0 Å². The van der Waals surface area contributed by atoms with Gasteiger partial charge in [0, 0.05) is 10.0 Å². The number of anilines is 1. The van der Waals surface area contributed by atoms with E-state index in [9.17, 15) is 9.18 Å². The van der Waals surface area contributed by atoms with Gasteiger partial charge in [-0.2, -0.15) is 0 Å². The standard InChI is InChI=1S/C14H11BrFNO2/c1-19-13-8-9(6-7-11(13)16)14(18)17-12-5-3-2-4-10(12)15/h2-8H,1H3,(H,17,18). The molecule has 0 atom stereocenters. The Labute approximate surface area is 118 Å². The van der Waals surface area contributed by atoms with Crippen LogP contribution in [0.4, 0.5) is 10.1 Å². The molecule has 0 aliphatic heterocycles. The highest BCUT2D eigenvalue weighted by atomic mass is 79.9. The molecule has 0 saturated carbocycles. The summed E-state index contributed by atoms with van der Waals surface area (Å²) >= 11 is 3.34. The van der Waals surface area contributed by atoms with Crippen molar-refractivity contribution in [3.05, 3.63) is 58.3 Å². The van der Waals surface area contributed by atoms with Crippen LogP contribution in [0.15, 0.2) is 46.9 Å². The van der Waals surface area contributed by atoms with Gasteiger partial charge in [0.15, 0.2) is 11.6 Å². The molecular formula is C14H11BrFNO2. The highest BCUT2D eigenvalue weighted by Gasteiger charge is 2.11. The van der Waals surface area contributed by atoms with Gasteiger partial charge in [0.25, 0.3) is 5.91 Å². The van der Waals surface area contributed by atoms with Crippen LogP contribution in [-0.2, 0) is 0 Å². The first-order valence-electron chi connectivity index (χ1n) is 5.51. The van der Waals surface area contributed by atoms with Crippen molar-refractivity contribution in [2.75, 3.05) is 12.4 Å². The fourth-order valence-corrected chi connectivity index (χ4v) is 1.94. The Kier molecular flexibility index (Phi) is 4.16. The minimum atomic E-state index is -0.500. The SMILES string of the molecule is COc1cc(C(=O)Nc2ccccc2Br)ccc1F. The van der Waals surface area contributed by atoms with E-state index >= 15 is 0 Å². The summed E-state index contributed by atoms with van der Waals surface area (Å²) in [7, 11) is 1.36. The number of nitrogens with one attached hydrogen (secondary N) is 1. The van der Waals surface area contributed by atoms with Gasteiger partial charge >= 0.3 is 0 Å². The zero-order chi connectivity index (χ0) is 13.8. The first-order chi connectivity index (χ1) is 9.11. The second-order valence-electron chi connectivity index (χ2n) is 3.78. The highest BCUT2D eigenvalue weighted by molar-refractivity contribution is 9.10. The lowest BCUT2D eigenvalue weighted by molar-refractivity contribution is 0.102. The van der Waals surface area contributed by atoms with Crippen LogP contribution in [0.3, 0.4) is 0 Å². The van der Waals surface area contributed by atoms with Crippen LogP contribution < -0.4 is 10.1 Å². The monoisotopic (exact) mass is 323 g/mol. The molecule has 0 spiro atoms. The van der Waals surface area contributed by atoms with Gasteiger partial charge in [-0.3, -0.25) is 4.79 Å². The maximum absolute atomic E-state index is 13.3. The quantitative estimate of drug-likeness (QED) is 0.931. The maximum atomic E-state index is 13.3. The average molecular weight is 324 g/mol. The number of halogens is 2. The number of methoxy groups -OCH3 is 1. The molecule has 98 valence electrons. The molecule has 0 bridgehead atoms. The molecule has 2 aromatic carbocycles. The van der Waals surface area contributed by atoms with E-state index < -0.39 is 5.82 Å². The predicted molar refractivity (Wildman–Crippen MR) is 75.0 cm³/mol. The number of hydrogen-bond acceptors (Lipinski definition) is 2. The van der Waals surface area contributed by atoms with Gasteiger partial charge in [-0.1, -0.05) is 12.1 Å². The number of rotatable bonds is 3. The second kappa shape index (κ2) is 5.84. The van der Waals surface area contributed by atoms with Gasteiger partial charge in [-0.05, 0) is 46.3 Å². The van der Waals surface area contributed by atoms with Crippen molar-refractivity contribution >= 4 is 27.5 Å². The Morgan fingerprint density at radius 1 is 1.26 bits per heavy atom. The summed E-state index contributed by atoms with van der Waals surface area (Å²) in [6.45, 7) is 0. The summed E-state index contributed by atoms with van der Waals surface area (Å²) in [5.74, 6) is -0.787. The van der Waals surface area contributed by atoms with Crippen LogP contribution in [0, 0.1) is 5.82 Å². The first kappa shape index (κ1) is 13.5. The first-order valence-corrected chi connectivity index (χ1v) is 6.30. The lowest BCUT2D eigenvalue weighted by Crippen LogP contribution is -2.12. The number of carbonyl (C=O) groups excluding carboxylic acids is 1. The van der Waals surface area contributed by atoms with Crippen LogP contribution in [0.2, 0.25) is 0 Å². The van der Waals surface area contributed by atoms with E-state index in [1.807, 2.05) is 18.2 Å². The smallest absolute Gasteiger partial charge is 0.255 e. The van der Waals surface area contributed by atoms with E-state index in [0.29, 0.717) is 11.3 Å². The highest BCUT2D eigenvalue weighted by Crippen LogP contribution is 2.23. The van der Waals surface area contributed by atoms with Crippen LogP contribution >= 0.6 is 15.9 Å². The van der Waals surface area contributed by atoms with Crippen molar-refractivity contribution in [2.45, 2.75) is 0 Å². The van der Waals surface area contributed by atoms with Crippen LogP contribution in [0.1, 0.15) is 10.4 Å². The lowest BCUT2D eigenvalue weighted by Gasteiger charge is -2.08. The van der Waals surface area contributed by atoms with Gasteiger partial charge in [0.05, 0.1) is 12.8 Å². The lowest BCUT2D eigenvalue weighted by atomic mass is 10.2. The van der Waals surface area contributed by atoms with Crippen molar-refractivity contribution in [2.24, 2.45) is 0 Å². The third-order valence-corrected chi connectivity index (χ3v) is 3.23. The molecular weight excluding hydrogens is 313 g/mol. The summed E-state index contributed by atoms with van der Waals surface area (Å²) in [4.78, 5) is 12.0. The molecule has 19 heavy (non-hydrogen) atoms. The summed E-state index contributed by atoms with van der Waals surface area (Å²) < 4.78 is 18.9. The molecule has 0 fully saturated rings. The molecule has 2 aromatic rings. The van der Waals surface area contributed by atoms with Gasteiger partial charge in [0.1, 0.15) is 0 Å². The minimum Gasteiger partial charge on any atom is -0.494 e. The summed E-state index contributed by atoms with van der Waals surface area (Å²) in [6, 6.07) is 11.2. The number of para-hydroxylation sites is 1. The van der Waals surface area contributed by atoms with Crippen molar-refractivity contribution in [1.29, 1.82) is 0 Å². The number of benzene rings is 2. The number of carbonyl (C=O) groups is 1. The van der Waals surface area contributed by atoms with E-state index in [1.165, 1.54) is 25.3 Å². The van der Waals surface area contributed by atoms with Gasteiger partial charge in [-0.15, -0.1) is 0 Å². The van der Waals surface area contributed by atoms with Gasteiger partial charge < -0.3 is 10.1 Å². The molecule has 5 heteroatoms. The molecule has 3 nitrogen and oxygen atoms in total. The number of hydrogen-bond donors (Lipinski definition) is 1. The van der Waals surface area contributed by atoms with Crippen molar-refractivity contribution < 1.29 is 13.9 Å². The Morgan fingerprint density at radius 2 is 2.00 bits per heavy atom. The maximum Gasteiger partial charge on any atom is 0.255 e. The Bertz CT molecular complexity index is 616. The third-order valence-electron chi connectivity index (χ3n) is 2.54. The van der Waals surface area contributed by atoms with Crippen molar-refractivity contribution in [3.8, 4) is 5.75 Å². The Morgan fingerprint density at radius 3 is 2.68 bits per heavy atom. The third kappa shape index (κ3) is 3.12. The van der Waals surface area contributed by atoms with E-state index in [0.717, 1.165) is 4.47 Å². The molecule has 0 heterocycles. The largest absolute Gasteiger partial charge is 0.494 e. The molecule has 0 aliphatic rings. The molecule has 0 aliphatic carbocycles.